The van der Waals surface area contributed by atoms with Crippen LogP contribution in [0.1, 0.15) is 32.3 Å². The Kier molecular flexibility index (Phi) is 7.04. The third-order valence-electron chi connectivity index (χ3n) is 4.23. The van der Waals surface area contributed by atoms with Gasteiger partial charge in [-0.3, -0.25) is 4.79 Å². The quantitative estimate of drug-likeness (QED) is 0.702. The first kappa shape index (κ1) is 21.7. The second-order valence-electron chi connectivity index (χ2n) is 6.60. The van der Waals surface area contributed by atoms with E-state index < -0.39 is 22.0 Å². The summed E-state index contributed by atoms with van der Waals surface area (Å²) in [6, 6.07) is 10.9. The summed E-state index contributed by atoms with van der Waals surface area (Å²) in [7, 11) is -1.08. The maximum atomic E-state index is 12.9. The van der Waals surface area contributed by atoms with E-state index in [-0.39, 0.29) is 16.6 Å². The summed E-state index contributed by atoms with van der Waals surface area (Å²) in [6.07, 6.45) is 0. The van der Waals surface area contributed by atoms with Gasteiger partial charge in [-0.1, -0.05) is 32.0 Å². The van der Waals surface area contributed by atoms with E-state index in [4.69, 9.17) is 9.47 Å². The first-order chi connectivity index (χ1) is 13.2. The number of methoxy groups -OCH3 is 2. The molecule has 0 heterocycles. The summed E-state index contributed by atoms with van der Waals surface area (Å²) in [5.74, 6) is 0.338. The Hall–Kier alpha value is -2.58. The Morgan fingerprint density at radius 2 is 1.61 bits per heavy atom. The van der Waals surface area contributed by atoms with Crippen molar-refractivity contribution in [1.29, 1.82) is 0 Å². The number of para-hydroxylation sites is 2. The molecule has 0 aliphatic rings. The summed E-state index contributed by atoms with van der Waals surface area (Å²) in [5.41, 5.74) is 1.31. The number of hydrogen-bond acceptors (Lipinski definition) is 5. The maximum Gasteiger partial charge on any atom is 0.244 e. The molecule has 0 saturated carbocycles. The highest BCUT2D eigenvalue weighted by Gasteiger charge is 2.26. The third-order valence-corrected chi connectivity index (χ3v) is 5.80. The standard InChI is InChI=1S/C20H26N2O5S/c1-13(2)15-10-11-18(27-5)19(12-15)28(24,25)22-14(3)20(23)21-16-8-6-7-9-17(16)26-4/h6-14,22H,1-5H3,(H,21,23). The number of rotatable bonds is 8. The molecule has 0 aliphatic heterocycles. The maximum absolute atomic E-state index is 12.9. The fourth-order valence-electron chi connectivity index (χ4n) is 2.60. The topological polar surface area (TPSA) is 93.7 Å². The van der Waals surface area contributed by atoms with E-state index in [1.807, 2.05) is 19.9 Å². The van der Waals surface area contributed by atoms with Crippen LogP contribution >= 0.6 is 0 Å². The number of carbonyl (C=O) groups excluding carboxylic acids is 1. The van der Waals surface area contributed by atoms with Gasteiger partial charge in [0.2, 0.25) is 15.9 Å². The van der Waals surface area contributed by atoms with Gasteiger partial charge in [0, 0.05) is 0 Å². The van der Waals surface area contributed by atoms with Crippen molar-refractivity contribution in [3.63, 3.8) is 0 Å². The van der Waals surface area contributed by atoms with Crippen LogP contribution in [0.5, 0.6) is 11.5 Å². The molecule has 1 unspecified atom stereocenters. The summed E-state index contributed by atoms with van der Waals surface area (Å²) in [4.78, 5) is 12.5. The number of carbonyl (C=O) groups is 1. The van der Waals surface area contributed by atoms with E-state index in [1.54, 1.807) is 36.4 Å². The molecular weight excluding hydrogens is 380 g/mol. The van der Waals surface area contributed by atoms with Gasteiger partial charge in [0.25, 0.3) is 0 Å². The van der Waals surface area contributed by atoms with Gasteiger partial charge in [-0.05, 0) is 42.7 Å². The number of sulfonamides is 1. The smallest absolute Gasteiger partial charge is 0.244 e. The monoisotopic (exact) mass is 406 g/mol. The molecule has 8 heteroatoms. The Labute approximate surface area is 166 Å². The van der Waals surface area contributed by atoms with Gasteiger partial charge in [-0.25, -0.2) is 8.42 Å². The van der Waals surface area contributed by atoms with Crippen molar-refractivity contribution in [2.75, 3.05) is 19.5 Å². The van der Waals surface area contributed by atoms with Gasteiger partial charge in [0.05, 0.1) is 25.9 Å². The number of hydrogen-bond donors (Lipinski definition) is 2. The highest BCUT2D eigenvalue weighted by molar-refractivity contribution is 7.89. The minimum Gasteiger partial charge on any atom is -0.495 e. The Morgan fingerprint density at radius 1 is 0.964 bits per heavy atom. The van der Waals surface area contributed by atoms with Gasteiger partial charge < -0.3 is 14.8 Å². The van der Waals surface area contributed by atoms with Crippen LogP contribution in [0.2, 0.25) is 0 Å². The number of ether oxygens (including phenoxy) is 2. The summed E-state index contributed by atoms with van der Waals surface area (Å²) in [6.45, 7) is 5.41. The lowest BCUT2D eigenvalue weighted by atomic mass is 10.0. The average molecular weight is 407 g/mol. The predicted octanol–water partition coefficient (Wildman–Crippen LogP) is 3.13. The molecule has 152 valence electrons. The molecule has 0 bridgehead atoms. The highest BCUT2D eigenvalue weighted by atomic mass is 32.2. The molecule has 0 aromatic heterocycles. The summed E-state index contributed by atoms with van der Waals surface area (Å²) in [5, 5.41) is 2.67. The number of benzene rings is 2. The summed E-state index contributed by atoms with van der Waals surface area (Å²) >= 11 is 0. The largest absolute Gasteiger partial charge is 0.495 e. The zero-order chi connectivity index (χ0) is 20.9. The van der Waals surface area contributed by atoms with Crippen LogP contribution in [0.15, 0.2) is 47.4 Å². The lowest BCUT2D eigenvalue weighted by Gasteiger charge is -2.18. The lowest BCUT2D eigenvalue weighted by Crippen LogP contribution is -2.41. The van der Waals surface area contributed by atoms with Crippen LogP contribution in [0, 0.1) is 0 Å². The van der Waals surface area contributed by atoms with E-state index in [0.29, 0.717) is 11.4 Å². The molecule has 2 aromatic rings. The van der Waals surface area contributed by atoms with Crippen LogP contribution in [0.4, 0.5) is 5.69 Å². The van der Waals surface area contributed by atoms with Gasteiger partial charge in [-0.15, -0.1) is 0 Å². The summed E-state index contributed by atoms with van der Waals surface area (Å²) < 4.78 is 38.6. The van der Waals surface area contributed by atoms with Crippen molar-refractivity contribution >= 4 is 21.6 Å². The van der Waals surface area contributed by atoms with E-state index in [1.165, 1.54) is 21.1 Å². The second-order valence-corrected chi connectivity index (χ2v) is 8.28. The van der Waals surface area contributed by atoms with Gasteiger partial charge in [-0.2, -0.15) is 4.72 Å². The molecule has 0 spiro atoms. The van der Waals surface area contributed by atoms with Crippen molar-refractivity contribution in [3.05, 3.63) is 48.0 Å². The Balaban J connectivity index is 2.23. The minimum absolute atomic E-state index is 0.00172. The molecule has 0 radical (unpaired) electrons. The predicted molar refractivity (Wildman–Crippen MR) is 108 cm³/mol. The zero-order valence-electron chi connectivity index (χ0n) is 16.6. The van der Waals surface area contributed by atoms with E-state index >= 15 is 0 Å². The van der Waals surface area contributed by atoms with Crippen LogP contribution in [0.3, 0.4) is 0 Å². The number of amides is 1. The Morgan fingerprint density at radius 3 is 2.21 bits per heavy atom. The minimum atomic E-state index is -3.98. The van der Waals surface area contributed by atoms with Crippen molar-refractivity contribution in [3.8, 4) is 11.5 Å². The highest BCUT2D eigenvalue weighted by Crippen LogP contribution is 2.28. The second kappa shape index (κ2) is 9.07. The van der Waals surface area contributed by atoms with Crippen LogP contribution < -0.4 is 19.5 Å². The van der Waals surface area contributed by atoms with Gasteiger partial charge in [0.15, 0.2) is 0 Å². The van der Waals surface area contributed by atoms with Crippen molar-refractivity contribution in [2.24, 2.45) is 0 Å². The SMILES string of the molecule is COc1ccccc1NC(=O)C(C)NS(=O)(=O)c1cc(C(C)C)ccc1OC. The average Bonchev–Trinajstić information content (AvgIpc) is 2.67. The molecule has 0 saturated heterocycles. The number of anilines is 1. The first-order valence-corrected chi connectivity index (χ1v) is 10.3. The molecule has 1 atom stereocenters. The van der Waals surface area contributed by atoms with Crippen molar-refractivity contribution in [1.82, 2.24) is 4.72 Å². The number of nitrogens with one attached hydrogen (secondary N) is 2. The normalized spacial score (nSPS) is 12.5. The molecule has 1 amide bonds. The first-order valence-electron chi connectivity index (χ1n) is 8.83. The van der Waals surface area contributed by atoms with Crippen molar-refractivity contribution < 1.29 is 22.7 Å². The van der Waals surface area contributed by atoms with Gasteiger partial charge in [0.1, 0.15) is 16.4 Å². The molecule has 0 aliphatic carbocycles. The molecule has 2 N–H and O–H groups in total. The van der Waals surface area contributed by atoms with E-state index in [9.17, 15) is 13.2 Å². The molecule has 2 aromatic carbocycles. The zero-order valence-corrected chi connectivity index (χ0v) is 17.5. The Bertz CT molecular complexity index is 941. The molecule has 0 fully saturated rings. The van der Waals surface area contributed by atoms with Crippen LogP contribution in [-0.4, -0.2) is 34.6 Å². The molecule has 28 heavy (non-hydrogen) atoms. The van der Waals surface area contributed by atoms with E-state index in [2.05, 4.69) is 10.0 Å². The van der Waals surface area contributed by atoms with Crippen LogP contribution in [-0.2, 0) is 14.8 Å². The van der Waals surface area contributed by atoms with Gasteiger partial charge >= 0.3 is 0 Å². The van der Waals surface area contributed by atoms with E-state index in [0.717, 1.165) is 5.56 Å². The lowest BCUT2D eigenvalue weighted by molar-refractivity contribution is -0.117. The molecular formula is C20H26N2O5S. The fourth-order valence-corrected chi connectivity index (χ4v) is 4.01. The fraction of sp³-hybridized carbons (Fsp3) is 0.350. The van der Waals surface area contributed by atoms with Crippen molar-refractivity contribution in [2.45, 2.75) is 37.6 Å². The molecule has 2 rings (SSSR count). The van der Waals surface area contributed by atoms with Crippen LogP contribution in [0.25, 0.3) is 0 Å². The molecule has 7 nitrogen and oxygen atoms in total. The third kappa shape index (κ3) is 5.02.